The molecule has 2 aromatic rings. The van der Waals surface area contributed by atoms with E-state index < -0.39 is 0 Å². The monoisotopic (exact) mass is 278 g/mol. The van der Waals surface area contributed by atoms with Gasteiger partial charge >= 0.3 is 0 Å². The average molecular weight is 278 g/mol. The smallest absolute Gasteiger partial charge is 0.282 e. The number of hydrogen-bond acceptors (Lipinski definition) is 5. The van der Waals surface area contributed by atoms with Crippen molar-refractivity contribution in [2.75, 3.05) is 7.05 Å². The minimum atomic E-state index is -0.364. The van der Waals surface area contributed by atoms with Crippen LogP contribution in [-0.4, -0.2) is 12.0 Å². The number of nitro groups is 1. The summed E-state index contributed by atoms with van der Waals surface area (Å²) >= 11 is 1.40. The molecule has 0 aliphatic heterocycles. The van der Waals surface area contributed by atoms with Crippen LogP contribution in [0.3, 0.4) is 0 Å². The normalized spacial score (nSPS) is 10.6. The Bertz CT molecular complexity index is 569. The first kappa shape index (κ1) is 13.6. The van der Waals surface area contributed by atoms with E-state index in [2.05, 4.69) is 5.32 Å². The minimum absolute atomic E-state index is 0.134. The first-order chi connectivity index (χ1) is 9.20. The molecule has 5 nitrogen and oxygen atoms in total. The molecule has 1 aromatic heterocycles. The molecule has 0 fully saturated rings. The van der Waals surface area contributed by atoms with Gasteiger partial charge in [-0.2, -0.15) is 0 Å². The summed E-state index contributed by atoms with van der Waals surface area (Å²) in [5, 5.41) is 13.9. The lowest BCUT2D eigenvalue weighted by Crippen LogP contribution is -2.03. The third-order valence-electron chi connectivity index (χ3n) is 2.50. The molecule has 1 aromatic carbocycles. The molecule has 0 bridgehead atoms. The maximum absolute atomic E-state index is 10.9. The molecule has 0 atom stereocenters. The summed E-state index contributed by atoms with van der Waals surface area (Å²) in [6.45, 7) is 0.677. The van der Waals surface area contributed by atoms with Crippen LogP contribution in [0.25, 0.3) is 0 Å². The fourth-order valence-electron chi connectivity index (χ4n) is 1.65. The van der Waals surface area contributed by atoms with Crippen LogP contribution >= 0.6 is 11.8 Å². The zero-order valence-electron chi connectivity index (χ0n) is 10.5. The molecule has 0 aliphatic rings. The Balaban J connectivity index is 2.03. The molecule has 0 amide bonds. The van der Waals surface area contributed by atoms with Crippen molar-refractivity contribution >= 4 is 17.4 Å². The van der Waals surface area contributed by atoms with Crippen LogP contribution in [0.5, 0.6) is 0 Å². The van der Waals surface area contributed by atoms with Gasteiger partial charge in [-0.15, -0.1) is 11.8 Å². The molecule has 2 rings (SSSR count). The highest BCUT2D eigenvalue weighted by molar-refractivity contribution is 7.98. The van der Waals surface area contributed by atoms with Crippen molar-refractivity contribution in [3.8, 4) is 0 Å². The average Bonchev–Trinajstić information content (AvgIpc) is 2.85. The lowest BCUT2D eigenvalue weighted by Gasteiger charge is -2.01. The van der Waals surface area contributed by atoms with E-state index in [1.807, 2.05) is 19.2 Å². The highest BCUT2D eigenvalue weighted by Gasteiger charge is 2.13. The van der Waals surface area contributed by atoms with Crippen molar-refractivity contribution in [3.05, 3.63) is 58.0 Å². The summed E-state index contributed by atoms with van der Waals surface area (Å²) in [7, 11) is 1.85. The lowest BCUT2D eigenvalue weighted by molar-refractivity contribution is -0.387. The fraction of sp³-hybridized carbons (Fsp3) is 0.231. The number of nitrogens with zero attached hydrogens (tertiary/aromatic N) is 1. The molecular formula is C13H14N2O3S. The molecule has 1 heterocycles. The summed E-state index contributed by atoms with van der Waals surface area (Å²) in [6, 6.07) is 10.5. The standard InChI is InChI=1S/C13H14N2O3S/c1-14-8-10-6-7-11(18-10)9-19-13-5-3-2-4-12(13)15(16)17/h2-7,14H,8-9H2,1H3. The Hall–Kier alpha value is -1.79. The molecule has 0 saturated heterocycles. The van der Waals surface area contributed by atoms with E-state index in [-0.39, 0.29) is 10.6 Å². The second-order valence-electron chi connectivity index (χ2n) is 3.91. The van der Waals surface area contributed by atoms with Crippen molar-refractivity contribution in [3.63, 3.8) is 0 Å². The molecule has 100 valence electrons. The molecule has 0 radical (unpaired) electrons. The Labute approximate surface area is 115 Å². The Morgan fingerprint density at radius 2 is 2.00 bits per heavy atom. The van der Waals surface area contributed by atoms with Gasteiger partial charge < -0.3 is 9.73 Å². The van der Waals surface area contributed by atoms with Crippen LogP contribution in [0.1, 0.15) is 11.5 Å². The third-order valence-corrected chi connectivity index (χ3v) is 3.59. The first-order valence-electron chi connectivity index (χ1n) is 5.79. The number of furan rings is 1. The van der Waals surface area contributed by atoms with Crippen LogP contribution in [0.4, 0.5) is 5.69 Å². The number of hydrogen-bond donors (Lipinski definition) is 1. The van der Waals surface area contributed by atoms with Gasteiger partial charge in [0.2, 0.25) is 0 Å². The Kier molecular flexibility index (Phi) is 4.59. The second-order valence-corrected chi connectivity index (χ2v) is 4.93. The highest BCUT2D eigenvalue weighted by Crippen LogP contribution is 2.31. The van der Waals surface area contributed by atoms with E-state index in [1.165, 1.54) is 17.8 Å². The largest absolute Gasteiger partial charge is 0.464 e. The number of thioether (sulfide) groups is 1. The maximum atomic E-state index is 10.9. The summed E-state index contributed by atoms with van der Waals surface area (Å²) < 4.78 is 5.59. The van der Waals surface area contributed by atoms with Crippen molar-refractivity contribution in [1.29, 1.82) is 0 Å². The molecule has 6 heteroatoms. The zero-order valence-corrected chi connectivity index (χ0v) is 11.3. The molecule has 0 saturated carbocycles. The van der Waals surface area contributed by atoms with Crippen molar-refractivity contribution in [2.24, 2.45) is 0 Å². The number of para-hydroxylation sites is 1. The van der Waals surface area contributed by atoms with E-state index >= 15 is 0 Å². The lowest BCUT2D eigenvalue weighted by atomic mass is 10.3. The summed E-state index contributed by atoms with van der Waals surface area (Å²) in [6.07, 6.45) is 0. The van der Waals surface area contributed by atoms with Gasteiger partial charge in [0.25, 0.3) is 5.69 Å². The van der Waals surface area contributed by atoms with Crippen LogP contribution in [0, 0.1) is 10.1 Å². The van der Waals surface area contributed by atoms with Gasteiger partial charge in [0, 0.05) is 6.07 Å². The van der Waals surface area contributed by atoms with E-state index in [0.29, 0.717) is 17.2 Å². The summed E-state index contributed by atoms with van der Waals surface area (Å²) in [5.41, 5.74) is 0.134. The molecule has 0 spiro atoms. The number of rotatable bonds is 6. The summed E-state index contributed by atoms with van der Waals surface area (Å²) in [5.74, 6) is 2.25. The van der Waals surface area contributed by atoms with E-state index in [1.54, 1.807) is 18.2 Å². The number of nitrogens with one attached hydrogen (secondary N) is 1. The maximum Gasteiger partial charge on any atom is 0.282 e. The number of benzene rings is 1. The van der Waals surface area contributed by atoms with Gasteiger partial charge in [-0.25, -0.2) is 0 Å². The van der Waals surface area contributed by atoms with Gasteiger partial charge in [0.1, 0.15) is 11.5 Å². The number of nitro benzene ring substituents is 1. The van der Waals surface area contributed by atoms with E-state index in [0.717, 1.165) is 11.5 Å². The summed E-state index contributed by atoms with van der Waals surface area (Å²) in [4.78, 5) is 11.2. The van der Waals surface area contributed by atoms with Crippen LogP contribution in [0.15, 0.2) is 45.7 Å². The Morgan fingerprint density at radius 3 is 2.74 bits per heavy atom. The zero-order chi connectivity index (χ0) is 13.7. The predicted octanol–water partition coefficient (Wildman–Crippen LogP) is 3.20. The van der Waals surface area contributed by atoms with E-state index in [4.69, 9.17) is 4.42 Å². The van der Waals surface area contributed by atoms with Crippen molar-refractivity contribution in [1.82, 2.24) is 5.32 Å². The molecular weight excluding hydrogens is 264 g/mol. The molecule has 1 N–H and O–H groups in total. The first-order valence-corrected chi connectivity index (χ1v) is 6.77. The van der Waals surface area contributed by atoms with Crippen molar-refractivity contribution in [2.45, 2.75) is 17.2 Å². The van der Waals surface area contributed by atoms with Crippen LogP contribution in [0.2, 0.25) is 0 Å². The van der Waals surface area contributed by atoms with Crippen LogP contribution in [-0.2, 0) is 12.3 Å². The van der Waals surface area contributed by atoms with Gasteiger partial charge in [0.15, 0.2) is 0 Å². The van der Waals surface area contributed by atoms with Gasteiger partial charge in [0.05, 0.1) is 22.1 Å². The second kappa shape index (κ2) is 6.40. The van der Waals surface area contributed by atoms with Gasteiger partial charge in [-0.3, -0.25) is 10.1 Å². The molecule has 0 unspecified atom stereocenters. The predicted molar refractivity (Wildman–Crippen MR) is 74.1 cm³/mol. The van der Waals surface area contributed by atoms with E-state index in [9.17, 15) is 10.1 Å². The third kappa shape index (κ3) is 3.59. The topological polar surface area (TPSA) is 68.3 Å². The molecule has 0 aliphatic carbocycles. The Morgan fingerprint density at radius 1 is 1.26 bits per heavy atom. The molecule has 19 heavy (non-hydrogen) atoms. The van der Waals surface area contributed by atoms with Crippen LogP contribution < -0.4 is 5.32 Å². The quantitative estimate of drug-likeness (QED) is 0.499. The highest BCUT2D eigenvalue weighted by atomic mass is 32.2. The van der Waals surface area contributed by atoms with Crippen molar-refractivity contribution < 1.29 is 9.34 Å². The van der Waals surface area contributed by atoms with Gasteiger partial charge in [-0.1, -0.05) is 12.1 Å². The SMILES string of the molecule is CNCc1ccc(CSc2ccccc2[N+](=O)[O-])o1. The fourth-order valence-corrected chi connectivity index (χ4v) is 2.57. The minimum Gasteiger partial charge on any atom is -0.464 e. The van der Waals surface area contributed by atoms with Gasteiger partial charge in [-0.05, 0) is 25.2 Å².